The predicted molar refractivity (Wildman–Crippen MR) is 133 cm³/mol. The summed E-state index contributed by atoms with van der Waals surface area (Å²) in [5, 5.41) is 9.58. The maximum atomic E-state index is 13.8. The lowest BCUT2D eigenvalue weighted by atomic mass is 9.85. The van der Waals surface area contributed by atoms with E-state index in [0.29, 0.717) is 55.2 Å². The summed E-state index contributed by atoms with van der Waals surface area (Å²) in [6.45, 7) is 1.95. The van der Waals surface area contributed by atoms with Crippen molar-refractivity contribution in [1.82, 2.24) is 9.55 Å². The van der Waals surface area contributed by atoms with Crippen molar-refractivity contribution in [2.75, 3.05) is 12.0 Å². The normalized spacial score (nSPS) is 22.3. The first kappa shape index (κ1) is 24.3. The van der Waals surface area contributed by atoms with Gasteiger partial charge in [-0.1, -0.05) is 24.6 Å². The van der Waals surface area contributed by atoms with Gasteiger partial charge in [-0.25, -0.2) is 18.2 Å². The number of rotatable bonds is 4. The van der Waals surface area contributed by atoms with E-state index in [1.807, 2.05) is 13.0 Å². The molecule has 2 heterocycles. The monoisotopic (exact) mass is 511 g/mol. The molecule has 1 aromatic heterocycles. The van der Waals surface area contributed by atoms with Gasteiger partial charge in [-0.3, -0.25) is 9.69 Å². The molecular weight excluding hydrogens is 482 g/mol. The van der Waals surface area contributed by atoms with Crippen LogP contribution in [0.15, 0.2) is 52.5 Å². The summed E-state index contributed by atoms with van der Waals surface area (Å²) >= 11 is 0. The fourth-order valence-corrected chi connectivity index (χ4v) is 7.07. The zero-order valence-corrected chi connectivity index (χ0v) is 21.1. The standard InChI is InChI=1S/C26H29N3O6S/c1-16-11-12-20-21(28(16)26(32)35-2)13-14-22-23(20)27-25(36(33,34)19-9-4-3-5-10-19)29(22)18-8-6-7-17(15-18)24(30)31/h3-5,9-10,13-14,16-18H,6-8,11-12,15H2,1-2H3,(H,30,31)/t16-,17+,18+/m0/s1. The summed E-state index contributed by atoms with van der Waals surface area (Å²) in [6, 6.07) is 11.4. The van der Waals surface area contributed by atoms with Gasteiger partial charge in [0.15, 0.2) is 0 Å². The van der Waals surface area contributed by atoms with E-state index in [1.165, 1.54) is 19.2 Å². The molecule has 2 aromatic carbocycles. The SMILES string of the molecule is COC(=O)N1c2ccc3c(nc(S(=O)(=O)c4ccccc4)n3[C@@H]3CCC[C@@H](C(=O)O)C3)c2CC[C@@H]1C. The Hall–Kier alpha value is -3.40. The van der Waals surface area contributed by atoms with Crippen LogP contribution in [0.5, 0.6) is 0 Å². The highest BCUT2D eigenvalue weighted by Crippen LogP contribution is 2.42. The highest BCUT2D eigenvalue weighted by atomic mass is 32.2. The molecule has 1 amide bonds. The summed E-state index contributed by atoms with van der Waals surface area (Å²) in [6.07, 6.45) is 3.09. The number of hydrogen-bond acceptors (Lipinski definition) is 6. The summed E-state index contributed by atoms with van der Waals surface area (Å²) in [5.74, 6) is -1.40. The Kier molecular flexibility index (Phi) is 6.23. The van der Waals surface area contributed by atoms with E-state index in [2.05, 4.69) is 0 Å². The van der Waals surface area contributed by atoms with Crippen LogP contribution in [0.3, 0.4) is 0 Å². The second-order valence-corrected chi connectivity index (χ2v) is 11.4. The fourth-order valence-electron chi connectivity index (χ4n) is 5.62. The van der Waals surface area contributed by atoms with Crippen LogP contribution >= 0.6 is 0 Å². The van der Waals surface area contributed by atoms with Gasteiger partial charge >= 0.3 is 12.1 Å². The number of amides is 1. The number of aromatic nitrogens is 2. The third-order valence-corrected chi connectivity index (χ3v) is 9.11. The van der Waals surface area contributed by atoms with Gasteiger partial charge in [0.05, 0.1) is 34.6 Å². The van der Waals surface area contributed by atoms with Crippen molar-refractivity contribution in [2.45, 2.75) is 67.6 Å². The molecule has 1 N–H and O–H groups in total. The van der Waals surface area contributed by atoms with E-state index in [1.54, 1.807) is 33.7 Å². The molecule has 1 aliphatic carbocycles. The van der Waals surface area contributed by atoms with Crippen LogP contribution in [0.4, 0.5) is 10.5 Å². The molecular formula is C26H29N3O6S. The Morgan fingerprint density at radius 3 is 2.53 bits per heavy atom. The third kappa shape index (κ3) is 3.93. The molecule has 1 saturated carbocycles. The largest absolute Gasteiger partial charge is 0.481 e. The average molecular weight is 512 g/mol. The van der Waals surface area contributed by atoms with Crippen molar-refractivity contribution in [1.29, 1.82) is 0 Å². The molecule has 3 atom stereocenters. The number of aryl methyl sites for hydroxylation is 1. The van der Waals surface area contributed by atoms with E-state index in [-0.39, 0.29) is 22.1 Å². The predicted octanol–water partition coefficient (Wildman–Crippen LogP) is 4.59. The van der Waals surface area contributed by atoms with Crippen LogP contribution in [0.25, 0.3) is 11.0 Å². The number of aliphatic carboxylic acids is 1. The van der Waals surface area contributed by atoms with Gasteiger partial charge in [-0.05, 0) is 63.3 Å². The maximum absolute atomic E-state index is 13.8. The van der Waals surface area contributed by atoms with Gasteiger partial charge in [0, 0.05) is 17.6 Å². The van der Waals surface area contributed by atoms with Crippen LogP contribution < -0.4 is 4.90 Å². The minimum atomic E-state index is -3.99. The number of anilines is 1. The molecule has 0 spiro atoms. The topological polar surface area (TPSA) is 119 Å². The molecule has 0 unspecified atom stereocenters. The molecule has 36 heavy (non-hydrogen) atoms. The second-order valence-electron chi connectivity index (χ2n) is 9.60. The summed E-state index contributed by atoms with van der Waals surface area (Å²) in [4.78, 5) is 30.8. The highest BCUT2D eigenvalue weighted by Gasteiger charge is 2.37. The first-order chi connectivity index (χ1) is 17.2. The van der Waals surface area contributed by atoms with Gasteiger partial charge < -0.3 is 14.4 Å². The van der Waals surface area contributed by atoms with Crippen LogP contribution in [0.2, 0.25) is 0 Å². The molecule has 0 radical (unpaired) electrons. The number of imidazole rings is 1. The first-order valence-corrected chi connectivity index (χ1v) is 13.7. The molecule has 1 fully saturated rings. The first-order valence-electron chi connectivity index (χ1n) is 12.2. The number of carboxylic acid groups (broad SMARTS) is 1. The summed E-state index contributed by atoms with van der Waals surface area (Å²) in [7, 11) is -2.65. The molecule has 0 saturated heterocycles. The van der Waals surface area contributed by atoms with Gasteiger partial charge in [-0.2, -0.15) is 0 Å². The molecule has 1 aliphatic heterocycles. The maximum Gasteiger partial charge on any atom is 0.414 e. The Morgan fingerprint density at radius 2 is 1.83 bits per heavy atom. The van der Waals surface area contributed by atoms with Crippen molar-refractivity contribution in [3.8, 4) is 0 Å². The van der Waals surface area contributed by atoms with Gasteiger partial charge in [0.1, 0.15) is 0 Å². The number of methoxy groups -OCH3 is 1. The fraction of sp³-hybridized carbons (Fsp3) is 0.423. The van der Waals surface area contributed by atoms with Crippen molar-refractivity contribution in [2.24, 2.45) is 5.92 Å². The summed E-state index contributed by atoms with van der Waals surface area (Å²) in [5.41, 5.74) is 2.62. The minimum absolute atomic E-state index is 0.0772. The van der Waals surface area contributed by atoms with Crippen molar-refractivity contribution < 1.29 is 27.9 Å². The van der Waals surface area contributed by atoms with Crippen LogP contribution in [0.1, 0.15) is 50.6 Å². The number of benzene rings is 2. The van der Waals surface area contributed by atoms with Crippen molar-refractivity contribution in [3.05, 3.63) is 48.0 Å². The van der Waals surface area contributed by atoms with E-state index >= 15 is 0 Å². The van der Waals surface area contributed by atoms with Crippen LogP contribution in [-0.2, 0) is 25.8 Å². The third-order valence-electron chi connectivity index (χ3n) is 7.45. The van der Waals surface area contributed by atoms with E-state index in [9.17, 15) is 23.1 Å². The van der Waals surface area contributed by atoms with Crippen LogP contribution in [0, 0.1) is 5.92 Å². The molecule has 2 aliphatic rings. The Morgan fingerprint density at radius 1 is 1.08 bits per heavy atom. The minimum Gasteiger partial charge on any atom is -0.481 e. The molecule has 3 aromatic rings. The number of fused-ring (bicyclic) bond motifs is 3. The Balaban J connectivity index is 1.75. The van der Waals surface area contributed by atoms with E-state index in [4.69, 9.17) is 9.72 Å². The summed E-state index contributed by atoms with van der Waals surface area (Å²) < 4.78 is 34.4. The van der Waals surface area contributed by atoms with Crippen molar-refractivity contribution in [3.63, 3.8) is 0 Å². The lowest BCUT2D eigenvalue weighted by Crippen LogP contribution is -2.42. The molecule has 0 bridgehead atoms. The van der Waals surface area contributed by atoms with Gasteiger partial charge in [-0.15, -0.1) is 0 Å². The molecule has 190 valence electrons. The smallest absolute Gasteiger partial charge is 0.414 e. The number of hydrogen-bond donors (Lipinski definition) is 1. The number of nitrogens with zero attached hydrogens (tertiary/aromatic N) is 3. The van der Waals surface area contributed by atoms with E-state index < -0.39 is 27.8 Å². The van der Waals surface area contributed by atoms with Crippen molar-refractivity contribution >= 4 is 38.6 Å². The lowest BCUT2D eigenvalue weighted by molar-refractivity contribution is -0.143. The number of carbonyl (C=O) groups excluding carboxylic acids is 1. The van der Waals surface area contributed by atoms with Gasteiger partial charge in [0.2, 0.25) is 15.0 Å². The molecule has 9 nitrogen and oxygen atoms in total. The number of carboxylic acids is 1. The Labute approximate surface area is 209 Å². The van der Waals surface area contributed by atoms with Crippen LogP contribution in [-0.4, -0.2) is 48.3 Å². The zero-order valence-electron chi connectivity index (χ0n) is 20.3. The number of ether oxygens (including phenoxy) is 1. The Bertz CT molecular complexity index is 1430. The molecule has 10 heteroatoms. The van der Waals surface area contributed by atoms with Gasteiger partial charge in [0.25, 0.3) is 0 Å². The average Bonchev–Trinajstić information content (AvgIpc) is 3.29. The second kappa shape index (κ2) is 9.24. The number of carbonyl (C=O) groups is 2. The zero-order chi connectivity index (χ0) is 25.6. The highest BCUT2D eigenvalue weighted by molar-refractivity contribution is 7.91. The van der Waals surface area contributed by atoms with E-state index in [0.717, 1.165) is 5.56 Å². The molecule has 5 rings (SSSR count). The quantitative estimate of drug-likeness (QED) is 0.544. The lowest BCUT2D eigenvalue weighted by Gasteiger charge is -2.34. The number of sulfone groups is 1.